The third-order valence-electron chi connectivity index (χ3n) is 4.17. The van der Waals surface area contributed by atoms with Crippen LogP contribution in [0, 0.1) is 0 Å². The third kappa shape index (κ3) is 2.57. The summed E-state index contributed by atoms with van der Waals surface area (Å²) in [6.45, 7) is 0. The molecule has 0 radical (unpaired) electrons. The minimum Gasteiger partial charge on any atom is -0.298 e. The Morgan fingerprint density at radius 3 is 2.00 bits per heavy atom. The molecule has 0 unspecified atom stereocenters. The van der Waals surface area contributed by atoms with Gasteiger partial charge in [-0.1, -0.05) is 54.6 Å². The Morgan fingerprint density at radius 1 is 0.833 bits per heavy atom. The zero-order valence-corrected chi connectivity index (χ0v) is 14.9. The van der Waals surface area contributed by atoms with Gasteiger partial charge in [0.25, 0.3) is 0 Å². The fraction of sp³-hybridized carbons (Fsp3) is 0.0500. The Morgan fingerprint density at radius 2 is 1.42 bits per heavy atom. The molecule has 0 aliphatic heterocycles. The van der Waals surface area contributed by atoms with E-state index in [-0.39, 0.29) is 0 Å². The Bertz CT molecular complexity index is 920. The molecule has 0 saturated heterocycles. The van der Waals surface area contributed by atoms with Crippen LogP contribution in [-0.2, 0) is 4.79 Å². The van der Waals surface area contributed by atoms with Crippen molar-refractivity contribution in [3.63, 3.8) is 0 Å². The highest BCUT2D eigenvalue weighted by Crippen LogP contribution is 2.36. The number of carbonyl (C=O) groups excluding carboxylic acids is 1. The van der Waals surface area contributed by atoms with Crippen LogP contribution in [-0.4, -0.2) is 17.7 Å². The van der Waals surface area contributed by atoms with E-state index in [1.165, 1.54) is 11.1 Å². The molecular weight excluding hydrogens is 411 g/mol. The van der Waals surface area contributed by atoms with Crippen LogP contribution >= 0.6 is 22.6 Å². The highest BCUT2D eigenvalue weighted by atomic mass is 127. The minimum atomic E-state index is 0.597. The van der Waals surface area contributed by atoms with E-state index in [4.69, 9.17) is 0 Å². The number of halogens is 1. The molecule has 2 aliphatic rings. The number of allylic oxidation sites excluding steroid dienone is 4. The summed E-state index contributed by atoms with van der Waals surface area (Å²) in [7, 11) is 0. The van der Waals surface area contributed by atoms with Crippen LogP contribution in [0.5, 0.6) is 0 Å². The summed E-state index contributed by atoms with van der Waals surface area (Å²) in [5, 5.41) is 8.96. The molecule has 0 N–H and O–H groups in total. The van der Waals surface area contributed by atoms with Crippen LogP contribution < -0.4 is 0 Å². The maximum absolute atomic E-state index is 11.2. The highest BCUT2D eigenvalue weighted by molar-refractivity contribution is 14.1. The van der Waals surface area contributed by atoms with Gasteiger partial charge < -0.3 is 0 Å². The first-order valence-corrected chi connectivity index (χ1v) is 8.71. The SMILES string of the molecule is O=CC1=CC=C(I)CC1=NN=C1c2ccccc2-c2ccccc21. The topological polar surface area (TPSA) is 41.8 Å². The fourth-order valence-electron chi connectivity index (χ4n) is 3.01. The number of nitrogens with zero attached hydrogens (tertiary/aromatic N) is 2. The van der Waals surface area contributed by atoms with Gasteiger partial charge in [-0.25, -0.2) is 0 Å². The lowest BCUT2D eigenvalue weighted by Gasteiger charge is -2.08. The van der Waals surface area contributed by atoms with Crippen LogP contribution in [0.1, 0.15) is 17.5 Å². The maximum atomic E-state index is 11.2. The molecule has 3 nitrogen and oxygen atoms in total. The molecule has 4 rings (SSSR count). The molecular formula is C20H13IN2O. The van der Waals surface area contributed by atoms with E-state index in [0.29, 0.717) is 17.7 Å². The molecule has 0 amide bonds. The van der Waals surface area contributed by atoms with Crippen molar-refractivity contribution in [2.45, 2.75) is 6.42 Å². The number of aldehydes is 1. The quantitative estimate of drug-likeness (QED) is 0.334. The summed E-state index contributed by atoms with van der Waals surface area (Å²) in [5.74, 6) is 0. The number of rotatable bonds is 2. The van der Waals surface area contributed by atoms with Gasteiger partial charge in [0.15, 0.2) is 6.29 Å². The normalized spacial score (nSPS) is 17.0. The molecule has 0 fully saturated rings. The van der Waals surface area contributed by atoms with Crippen molar-refractivity contribution in [2.24, 2.45) is 10.2 Å². The van der Waals surface area contributed by atoms with Crippen LogP contribution in [0.25, 0.3) is 11.1 Å². The summed E-state index contributed by atoms with van der Waals surface area (Å²) in [4.78, 5) is 11.2. The van der Waals surface area contributed by atoms with E-state index in [1.54, 1.807) is 6.08 Å². The van der Waals surface area contributed by atoms with Gasteiger partial charge in [0.05, 0.1) is 5.71 Å². The van der Waals surface area contributed by atoms with E-state index in [9.17, 15) is 4.79 Å². The number of benzene rings is 2. The lowest BCUT2D eigenvalue weighted by atomic mass is 10.0. The van der Waals surface area contributed by atoms with Gasteiger partial charge in [-0.2, -0.15) is 5.10 Å². The molecule has 0 heterocycles. The zero-order valence-electron chi connectivity index (χ0n) is 12.7. The van der Waals surface area contributed by atoms with Crippen molar-refractivity contribution in [3.8, 4) is 11.1 Å². The number of fused-ring (bicyclic) bond motifs is 3. The number of carbonyl (C=O) groups is 1. The largest absolute Gasteiger partial charge is 0.298 e. The molecule has 2 aromatic carbocycles. The van der Waals surface area contributed by atoms with Gasteiger partial charge >= 0.3 is 0 Å². The Kier molecular flexibility index (Phi) is 3.98. The van der Waals surface area contributed by atoms with Gasteiger partial charge in [0.2, 0.25) is 0 Å². The zero-order chi connectivity index (χ0) is 16.5. The Hall–Kier alpha value is -2.34. The van der Waals surface area contributed by atoms with Crippen molar-refractivity contribution < 1.29 is 4.79 Å². The summed E-state index contributed by atoms with van der Waals surface area (Å²) in [6.07, 6.45) is 5.23. The van der Waals surface area contributed by atoms with E-state index < -0.39 is 0 Å². The first-order chi connectivity index (χ1) is 11.8. The van der Waals surface area contributed by atoms with Crippen LogP contribution in [0.2, 0.25) is 0 Å². The average molecular weight is 424 g/mol. The lowest BCUT2D eigenvalue weighted by molar-refractivity contribution is -0.104. The molecule has 24 heavy (non-hydrogen) atoms. The first-order valence-electron chi connectivity index (χ1n) is 7.63. The monoisotopic (exact) mass is 424 g/mol. The first kappa shape index (κ1) is 15.2. The summed E-state index contributed by atoms with van der Waals surface area (Å²) < 4.78 is 1.14. The second kappa shape index (κ2) is 6.28. The lowest BCUT2D eigenvalue weighted by Crippen LogP contribution is -2.08. The third-order valence-corrected chi connectivity index (χ3v) is 4.91. The molecule has 0 bridgehead atoms. The maximum Gasteiger partial charge on any atom is 0.151 e. The molecule has 2 aromatic rings. The van der Waals surface area contributed by atoms with Crippen LogP contribution in [0.15, 0.2) is 80.0 Å². The standard InChI is InChI=1S/C20H13IN2O/c21-14-10-9-13(12-24)19(11-14)22-23-20-17-7-3-1-5-15(17)16-6-2-4-8-18(16)20/h1-10,12H,11H2. The van der Waals surface area contributed by atoms with Gasteiger partial charge in [0.1, 0.15) is 5.71 Å². The fourth-order valence-corrected chi connectivity index (χ4v) is 3.55. The van der Waals surface area contributed by atoms with E-state index >= 15 is 0 Å². The highest BCUT2D eigenvalue weighted by Gasteiger charge is 2.24. The minimum absolute atomic E-state index is 0.597. The molecule has 4 heteroatoms. The molecule has 0 spiro atoms. The van der Waals surface area contributed by atoms with Gasteiger partial charge in [-0.05, 0) is 43.4 Å². The van der Waals surface area contributed by atoms with E-state index in [0.717, 1.165) is 26.7 Å². The smallest absolute Gasteiger partial charge is 0.151 e. The predicted molar refractivity (Wildman–Crippen MR) is 106 cm³/mol. The van der Waals surface area contributed by atoms with Crippen LogP contribution in [0.4, 0.5) is 0 Å². The van der Waals surface area contributed by atoms with E-state index in [2.05, 4.69) is 57.1 Å². The van der Waals surface area contributed by atoms with Crippen molar-refractivity contribution in [3.05, 3.63) is 81.0 Å². The Balaban J connectivity index is 1.84. The molecule has 2 aliphatic carbocycles. The second-order valence-corrected chi connectivity index (χ2v) is 7.00. The Labute approximate surface area is 153 Å². The predicted octanol–water partition coefficient (Wildman–Crippen LogP) is 4.71. The average Bonchev–Trinajstić information content (AvgIpc) is 2.94. The summed E-state index contributed by atoms with van der Waals surface area (Å²) >= 11 is 2.26. The molecule has 0 atom stereocenters. The molecule has 116 valence electrons. The molecule has 0 aromatic heterocycles. The number of hydrogen-bond donors (Lipinski definition) is 0. The number of hydrogen-bond acceptors (Lipinski definition) is 3. The second-order valence-electron chi connectivity index (χ2n) is 5.62. The van der Waals surface area contributed by atoms with Gasteiger partial charge in [0, 0.05) is 23.1 Å². The molecule has 0 saturated carbocycles. The van der Waals surface area contributed by atoms with Crippen LogP contribution in [0.3, 0.4) is 0 Å². The van der Waals surface area contributed by atoms with E-state index in [1.807, 2.05) is 30.3 Å². The van der Waals surface area contributed by atoms with Crippen molar-refractivity contribution in [2.75, 3.05) is 0 Å². The van der Waals surface area contributed by atoms with Crippen molar-refractivity contribution in [1.29, 1.82) is 0 Å². The summed E-state index contributed by atoms with van der Waals surface area (Å²) in [6, 6.07) is 16.4. The van der Waals surface area contributed by atoms with Gasteiger partial charge in [-0.15, -0.1) is 5.10 Å². The summed E-state index contributed by atoms with van der Waals surface area (Å²) in [5.41, 5.74) is 6.70. The van der Waals surface area contributed by atoms with Crippen molar-refractivity contribution >= 4 is 40.3 Å². The van der Waals surface area contributed by atoms with Crippen molar-refractivity contribution in [1.82, 2.24) is 0 Å². The van der Waals surface area contributed by atoms with Gasteiger partial charge in [-0.3, -0.25) is 4.79 Å².